The Bertz CT molecular complexity index is 898. The molecule has 1 aromatic carbocycles. The van der Waals surface area contributed by atoms with Crippen LogP contribution < -0.4 is 10.6 Å². The minimum atomic E-state index is -1.21. The number of carbonyl (C=O) groups excluding carboxylic acids is 4. The van der Waals surface area contributed by atoms with Crippen LogP contribution in [0.15, 0.2) is 24.3 Å². The number of alkyl carbamates (subject to hydrolysis) is 1. The van der Waals surface area contributed by atoms with Gasteiger partial charge in [0, 0.05) is 13.1 Å². The third kappa shape index (κ3) is 10.7. The van der Waals surface area contributed by atoms with Crippen LogP contribution in [0.3, 0.4) is 0 Å². The molecule has 208 valence electrons. The van der Waals surface area contributed by atoms with Gasteiger partial charge in [-0.2, -0.15) is 0 Å². The Morgan fingerprint density at radius 1 is 1.08 bits per heavy atom. The van der Waals surface area contributed by atoms with Gasteiger partial charge in [0.05, 0.1) is 19.6 Å². The zero-order valence-electron chi connectivity index (χ0n) is 22.6. The summed E-state index contributed by atoms with van der Waals surface area (Å²) in [5, 5.41) is 24.8. The van der Waals surface area contributed by atoms with E-state index in [9.17, 15) is 29.4 Å². The monoisotopic (exact) mass is 523 g/mol. The van der Waals surface area contributed by atoms with Gasteiger partial charge in [0.25, 0.3) is 0 Å². The minimum absolute atomic E-state index is 0.0294. The molecule has 3 atom stereocenters. The van der Waals surface area contributed by atoms with Crippen molar-refractivity contribution >= 4 is 23.9 Å². The molecule has 0 aromatic heterocycles. The highest BCUT2D eigenvalue weighted by Gasteiger charge is 2.37. The van der Waals surface area contributed by atoms with Crippen molar-refractivity contribution in [3.63, 3.8) is 0 Å². The topological polar surface area (TPSA) is 154 Å². The fraction of sp³-hybridized carbons (Fsp3) is 0.615. The molecule has 3 amide bonds. The van der Waals surface area contributed by atoms with E-state index in [-0.39, 0.29) is 37.8 Å². The lowest BCUT2D eigenvalue weighted by Crippen LogP contribution is -2.55. The lowest BCUT2D eigenvalue weighted by Gasteiger charge is -2.35. The first-order valence-corrected chi connectivity index (χ1v) is 12.5. The molecule has 11 heteroatoms. The first kappa shape index (κ1) is 31.7. The van der Waals surface area contributed by atoms with E-state index in [4.69, 9.17) is 9.47 Å². The molecule has 4 N–H and O–H groups in total. The molecule has 0 aliphatic heterocycles. The SMILES string of the molecule is CCOC(=O)CCNC(=O)C(c1ccc(O)cc1)N(CCO)C(=O)C(NC(=O)OC(C)(C)C)C(C)CC. The largest absolute Gasteiger partial charge is 0.508 e. The Hall–Kier alpha value is -3.34. The van der Waals surface area contributed by atoms with Crippen LogP contribution in [-0.4, -0.2) is 76.9 Å². The van der Waals surface area contributed by atoms with Gasteiger partial charge in [0.2, 0.25) is 11.8 Å². The van der Waals surface area contributed by atoms with E-state index in [2.05, 4.69) is 10.6 Å². The zero-order valence-corrected chi connectivity index (χ0v) is 22.6. The molecule has 0 heterocycles. The van der Waals surface area contributed by atoms with Gasteiger partial charge in [-0.05, 0) is 51.3 Å². The molecule has 0 bridgehead atoms. The smallest absolute Gasteiger partial charge is 0.408 e. The molecule has 0 fully saturated rings. The van der Waals surface area contributed by atoms with Crippen LogP contribution in [0.2, 0.25) is 0 Å². The first-order chi connectivity index (χ1) is 17.3. The van der Waals surface area contributed by atoms with Gasteiger partial charge in [-0.3, -0.25) is 14.4 Å². The van der Waals surface area contributed by atoms with Crippen molar-refractivity contribution in [3.05, 3.63) is 29.8 Å². The number of hydrogen-bond donors (Lipinski definition) is 4. The van der Waals surface area contributed by atoms with Crippen molar-refractivity contribution < 1.29 is 38.9 Å². The standard InChI is InChI=1S/C26H41N3O8/c1-7-17(3)21(28-25(35)37-26(4,5)6)24(34)29(15-16-30)22(18-9-11-19(31)12-10-18)23(33)27-14-13-20(32)36-8-2/h9-12,17,21-22,30-31H,7-8,13-16H2,1-6H3,(H,27,33)(H,28,35). The lowest BCUT2D eigenvalue weighted by molar-refractivity contribution is -0.145. The number of aliphatic hydroxyl groups is 1. The molecule has 0 aliphatic rings. The van der Waals surface area contributed by atoms with Crippen LogP contribution in [-0.2, 0) is 23.9 Å². The highest BCUT2D eigenvalue weighted by molar-refractivity contribution is 5.92. The highest BCUT2D eigenvalue weighted by Crippen LogP contribution is 2.26. The Morgan fingerprint density at radius 2 is 1.70 bits per heavy atom. The molecule has 11 nitrogen and oxygen atoms in total. The minimum Gasteiger partial charge on any atom is -0.508 e. The second kappa shape index (κ2) is 15.0. The maximum Gasteiger partial charge on any atom is 0.408 e. The second-order valence-corrected chi connectivity index (χ2v) is 9.60. The molecule has 1 aromatic rings. The van der Waals surface area contributed by atoms with E-state index in [1.54, 1.807) is 34.6 Å². The average Bonchev–Trinajstić information content (AvgIpc) is 2.81. The predicted octanol–water partition coefficient (Wildman–Crippen LogP) is 2.26. The molecule has 3 unspecified atom stereocenters. The van der Waals surface area contributed by atoms with Crippen LogP contribution in [0, 0.1) is 5.92 Å². The van der Waals surface area contributed by atoms with Crippen LogP contribution in [0.25, 0.3) is 0 Å². The maximum absolute atomic E-state index is 13.8. The van der Waals surface area contributed by atoms with E-state index >= 15 is 0 Å². The summed E-state index contributed by atoms with van der Waals surface area (Å²) >= 11 is 0. The Kier molecular flexibility index (Phi) is 12.9. The number of nitrogens with zero attached hydrogens (tertiary/aromatic N) is 1. The van der Waals surface area contributed by atoms with Gasteiger partial charge < -0.3 is 35.2 Å². The van der Waals surface area contributed by atoms with Crippen molar-refractivity contribution in [2.75, 3.05) is 26.3 Å². The number of rotatable bonds is 13. The number of benzene rings is 1. The van der Waals surface area contributed by atoms with E-state index in [1.165, 1.54) is 29.2 Å². The summed E-state index contributed by atoms with van der Waals surface area (Å²) in [6, 6.07) is 3.47. The van der Waals surface area contributed by atoms with E-state index < -0.39 is 48.2 Å². The summed E-state index contributed by atoms with van der Waals surface area (Å²) in [7, 11) is 0. The summed E-state index contributed by atoms with van der Waals surface area (Å²) in [6.07, 6.45) is -0.310. The maximum atomic E-state index is 13.8. The molecular weight excluding hydrogens is 482 g/mol. The molecule has 0 aliphatic carbocycles. The van der Waals surface area contributed by atoms with Gasteiger partial charge in [-0.1, -0.05) is 32.4 Å². The first-order valence-electron chi connectivity index (χ1n) is 12.5. The molecule has 37 heavy (non-hydrogen) atoms. The summed E-state index contributed by atoms with van der Waals surface area (Å²) in [5.41, 5.74) is -0.418. The number of aliphatic hydroxyl groups excluding tert-OH is 1. The second-order valence-electron chi connectivity index (χ2n) is 9.60. The number of nitrogens with one attached hydrogen (secondary N) is 2. The van der Waals surface area contributed by atoms with Gasteiger partial charge >= 0.3 is 12.1 Å². The average molecular weight is 524 g/mol. The fourth-order valence-corrected chi connectivity index (χ4v) is 3.52. The fourth-order valence-electron chi connectivity index (χ4n) is 3.52. The van der Waals surface area contributed by atoms with E-state index in [1.807, 2.05) is 6.92 Å². The molecule has 1 rings (SSSR count). The normalized spacial score (nSPS) is 13.6. The molecule has 0 spiro atoms. The zero-order chi connectivity index (χ0) is 28.2. The highest BCUT2D eigenvalue weighted by atomic mass is 16.6. The molecule has 0 saturated heterocycles. The summed E-state index contributed by atoms with van der Waals surface area (Å²) in [4.78, 5) is 52.6. The van der Waals surface area contributed by atoms with Gasteiger partial charge in [0.1, 0.15) is 23.4 Å². The Labute approximate surface area is 218 Å². The van der Waals surface area contributed by atoms with Gasteiger partial charge in [-0.25, -0.2) is 4.79 Å². The summed E-state index contributed by atoms with van der Waals surface area (Å²) in [6.45, 7) is 9.94. The van der Waals surface area contributed by atoms with Crippen molar-refractivity contribution in [2.24, 2.45) is 5.92 Å². The van der Waals surface area contributed by atoms with Gasteiger partial charge in [0.15, 0.2) is 0 Å². The number of carbonyl (C=O) groups is 4. The Balaban J connectivity index is 3.35. The van der Waals surface area contributed by atoms with Crippen molar-refractivity contribution in [3.8, 4) is 5.75 Å². The van der Waals surface area contributed by atoms with E-state index in [0.29, 0.717) is 12.0 Å². The number of phenolic OH excluding ortho intramolecular Hbond substituents is 1. The van der Waals surface area contributed by atoms with Gasteiger partial charge in [-0.15, -0.1) is 0 Å². The number of phenols is 1. The van der Waals surface area contributed by atoms with Crippen LogP contribution >= 0.6 is 0 Å². The number of aromatic hydroxyl groups is 1. The Morgan fingerprint density at radius 3 is 2.22 bits per heavy atom. The third-order valence-electron chi connectivity index (χ3n) is 5.48. The predicted molar refractivity (Wildman–Crippen MR) is 137 cm³/mol. The quantitative estimate of drug-likeness (QED) is 0.287. The number of amides is 3. The number of hydrogen-bond acceptors (Lipinski definition) is 8. The van der Waals surface area contributed by atoms with Crippen LogP contribution in [0.5, 0.6) is 5.75 Å². The molecule has 0 saturated carbocycles. The molecule has 0 radical (unpaired) electrons. The van der Waals surface area contributed by atoms with Crippen LogP contribution in [0.1, 0.15) is 66.0 Å². The van der Waals surface area contributed by atoms with E-state index in [0.717, 1.165) is 0 Å². The molecular formula is C26H41N3O8. The van der Waals surface area contributed by atoms with Crippen molar-refractivity contribution in [1.29, 1.82) is 0 Å². The number of esters is 1. The third-order valence-corrected chi connectivity index (χ3v) is 5.48. The van der Waals surface area contributed by atoms with Crippen molar-refractivity contribution in [2.45, 2.75) is 72.1 Å². The van der Waals surface area contributed by atoms with Crippen molar-refractivity contribution in [1.82, 2.24) is 15.5 Å². The summed E-state index contributed by atoms with van der Waals surface area (Å²) < 4.78 is 10.2. The van der Waals surface area contributed by atoms with Crippen LogP contribution in [0.4, 0.5) is 4.79 Å². The lowest BCUT2D eigenvalue weighted by atomic mass is 9.95. The summed E-state index contributed by atoms with van der Waals surface area (Å²) in [5.74, 6) is -2.03. The number of ether oxygens (including phenoxy) is 2.